The average Bonchev–Trinajstić information content (AvgIpc) is 2.72. The van der Waals surface area contributed by atoms with Gasteiger partial charge in [-0.05, 0) is 63.2 Å². The number of hydrogen-bond acceptors (Lipinski definition) is 5. The summed E-state index contributed by atoms with van der Waals surface area (Å²) in [5.41, 5.74) is 3.58. The van der Waals surface area contributed by atoms with E-state index in [2.05, 4.69) is 47.8 Å². The summed E-state index contributed by atoms with van der Waals surface area (Å²) in [5, 5.41) is 12.2. The lowest BCUT2D eigenvalue weighted by molar-refractivity contribution is -0.181. The van der Waals surface area contributed by atoms with Gasteiger partial charge >= 0.3 is 11.9 Å². The molecular formula is C25H35NO5. The Morgan fingerprint density at radius 3 is 2.45 bits per heavy atom. The minimum Gasteiger partial charge on any atom is -0.481 e. The third-order valence-electron chi connectivity index (χ3n) is 4.99. The molecule has 1 aliphatic rings. The van der Waals surface area contributed by atoms with Crippen molar-refractivity contribution in [2.75, 3.05) is 6.54 Å². The Balaban J connectivity index is 1.92. The van der Waals surface area contributed by atoms with Crippen LogP contribution in [0.15, 0.2) is 42.5 Å². The first-order valence-corrected chi connectivity index (χ1v) is 11.1. The average molecular weight is 430 g/mol. The lowest BCUT2D eigenvalue weighted by Crippen LogP contribution is -2.34. The van der Waals surface area contributed by atoms with Gasteiger partial charge in [-0.25, -0.2) is 0 Å². The van der Waals surface area contributed by atoms with E-state index < -0.39 is 12.3 Å². The zero-order chi connectivity index (χ0) is 22.6. The molecule has 0 heterocycles. The van der Waals surface area contributed by atoms with Crippen molar-refractivity contribution in [2.24, 2.45) is 0 Å². The van der Waals surface area contributed by atoms with Crippen LogP contribution in [0.1, 0.15) is 64.0 Å². The van der Waals surface area contributed by atoms with Crippen LogP contribution in [-0.2, 0) is 25.5 Å². The molecule has 2 atom stereocenters. The third-order valence-corrected chi connectivity index (χ3v) is 4.99. The van der Waals surface area contributed by atoms with Gasteiger partial charge in [-0.2, -0.15) is 0 Å². The number of esters is 1. The SMILES string of the molecule is CC(C)OC(C)OC(=O)CCC(Cc1ccc(C2=CCCC=C2)cc1)NCCC(=O)O. The van der Waals surface area contributed by atoms with Gasteiger partial charge in [0.2, 0.25) is 0 Å². The molecule has 0 bridgehead atoms. The summed E-state index contributed by atoms with van der Waals surface area (Å²) in [6.45, 7) is 5.84. The Kier molecular flexibility index (Phi) is 10.5. The summed E-state index contributed by atoms with van der Waals surface area (Å²) in [5.74, 6) is -1.16. The molecular weight excluding hydrogens is 394 g/mol. The summed E-state index contributed by atoms with van der Waals surface area (Å²) < 4.78 is 10.7. The summed E-state index contributed by atoms with van der Waals surface area (Å²) in [6.07, 6.45) is 9.71. The van der Waals surface area contributed by atoms with E-state index in [4.69, 9.17) is 14.6 Å². The number of carbonyl (C=O) groups is 2. The second kappa shape index (κ2) is 13.1. The number of carboxylic acid groups (broad SMARTS) is 1. The summed E-state index contributed by atoms with van der Waals surface area (Å²) in [7, 11) is 0. The zero-order valence-electron chi connectivity index (χ0n) is 18.8. The van der Waals surface area contributed by atoms with Crippen LogP contribution in [-0.4, -0.2) is 42.0 Å². The number of allylic oxidation sites excluding steroid dienone is 4. The predicted octanol–water partition coefficient (Wildman–Crippen LogP) is 4.49. The lowest BCUT2D eigenvalue weighted by Gasteiger charge is -2.20. The monoisotopic (exact) mass is 429 g/mol. The summed E-state index contributed by atoms with van der Waals surface area (Å²) in [4.78, 5) is 23.0. The van der Waals surface area contributed by atoms with Crippen molar-refractivity contribution < 1.29 is 24.2 Å². The highest BCUT2D eigenvalue weighted by Crippen LogP contribution is 2.22. The number of ether oxygens (including phenoxy) is 2. The highest BCUT2D eigenvalue weighted by atomic mass is 16.7. The minimum atomic E-state index is -0.844. The molecule has 0 fully saturated rings. The number of carbonyl (C=O) groups excluding carboxylic acids is 1. The summed E-state index contributed by atoms with van der Waals surface area (Å²) >= 11 is 0. The van der Waals surface area contributed by atoms with Gasteiger partial charge in [-0.1, -0.05) is 42.5 Å². The maximum Gasteiger partial charge on any atom is 0.308 e. The maximum atomic E-state index is 12.2. The second-order valence-electron chi connectivity index (χ2n) is 8.12. The van der Waals surface area contributed by atoms with Gasteiger partial charge in [-0.3, -0.25) is 9.59 Å². The molecule has 2 unspecified atom stereocenters. The number of carboxylic acids is 1. The molecule has 6 nitrogen and oxygen atoms in total. The number of hydrogen-bond donors (Lipinski definition) is 2. The molecule has 1 aromatic carbocycles. The first-order chi connectivity index (χ1) is 14.8. The van der Waals surface area contributed by atoms with Crippen LogP contribution in [0.2, 0.25) is 0 Å². The predicted molar refractivity (Wildman–Crippen MR) is 122 cm³/mol. The molecule has 2 rings (SSSR count). The van der Waals surface area contributed by atoms with E-state index in [-0.39, 0.29) is 31.0 Å². The van der Waals surface area contributed by atoms with Gasteiger partial charge < -0.3 is 19.9 Å². The molecule has 1 aromatic rings. The number of rotatable bonds is 13. The zero-order valence-corrected chi connectivity index (χ0v) is 18.8. The van der Waals surface area contributed by atoms with E-state index in [1.165, 1.54) is 11.1 Å². The fourth-order valence-corrected chi connectivity index (χ4v) is 3.55. The molecule has 0 radical (unpaired) electrons. The summed E-state index contributed by atoms with van der Waals surface area (Å²) in [6, 6.07) is 8.41. The highest BCUT2D eigenvalue weighted by Gasteiger charge is 2.16. The first kappa shape index (κ1) is 24.8. The Bertz CT molecular complexity index is 767. The first-order valence-electron chi connectivity index (χ1n) is 11.1. The van der Waals surface area contributed by atoms with Crippen molar-refractivity contribution in [1.29, 1.82) is 0 Å². The van der Waals surface area contributed by atoms with E-state index >= 15 is 0 Å². The highest BCUT2D eigenvalue weighted by molar-refractivity contribution is 5.74. The van der Waals surface area contributed by atoms with Crippen LogP contribution in [0.25, 0.3) is 5.57 Å². The maximum absolute atomic E-state index is 12.2. The van der Waals surface area contributed by atoms with Gasteiger partial charge in [0.25, 0.3) is 0 Å². The quantitative estimate of drug-likeness (QED) is 0.355. The van der Waals surface area contributed by atoms with Crippen LogP contribution in [0.3, 0.4) is 0 Å². The van der Waals surface area contributed by atoms with Crippen molar-refractivity contribution in [3.63, 3.8) is 0 Å². The van der Waals surface area contributed by atoms with Gasteiger partial charge in [0, 0.05) is 19.0 Å². The van der Waals surface area contributed by atoms with Gasteiger partial charge in [0.05, 0.1) is 12.5 Å². The molecule has 0 amide bonds. The number of aliphatic carboxylic acids is 1. The Morgan fingerprint density at radius 1 is 1.10 bits per heavy atom. The van der Waals surface area contributed by atoms with Crippen molar-refractivity contribution in [2.45, 2.75) is 77.7 Å². The van der Waals surface area contributed by atoms with Gasteiger partial charge in [0.15, 0.2) is 6.29 Å². The molecule has 0 aromatic heterocycles. The van der Waals surface area contributed by atoms with Crippen molar-refractivity contribution in [1.82, 2.24) is 5.32 Å². The van der Waals surface area contributed by atoms with Crippen molar-refractivity contribution in [3.05, 3.63) is 53.6 Å². The minimum absolute atomic E-state index is 0.0175. The molecule has 6 heteroatoms. The number of benzene rings is 1. The van der Waals surface area contributed by atoms with Crippen LogP contribution >= 0.6 is 0 Å². The topological polar surface area (TPSA) is 84.9 Å². The lowest BCUT2D eigenvalue weighted by atomic mass is 9.96. The van der Waals surface area contributed by atoms with Crippen molar-refractivity contribution >= 4 is 17.5 Å². The fraction of sp³-hybridized carbons (Fsp3) is 0.520. The molecule has 0 saturated heterocycles. The van der Waals surface area contributed by atoms with Crippen molar-refractivity contribution in [3.8, 4) is 0 Å². The Labute approximate surface area is 185 Å². The fourth-order valence-electron chi connectivity index (χ4n) is 3.55. The van der Waals surface area contributed by atoms with Crippen LogP contribution in [0, 0.1) is 0 Å². The Morgan fingerprint density at radius 2 is 1.84 bits per heavy atom. The van der Waals surface area contributed by atoms with Crippen LogP contribution in [0.4, 0.5) is 0 Å². The van der Waals surface area contributed by atoms with E-state index in [0.29, 0.717) is 19.4 Å². The molecule has 31 heavy (non-hydrogen) atoms. The largest absolute Gasteiger partial charge is 0.481 e. The second-order valence-corrected chi connectivity index (χ2v) is 8.12. The molecule has 1 aliphatic carbocycles. The van der Waals surface area contributed by atoms with E-state index in [9.17, 15) is 9.59 Å². The van der Waals surface area contributed by atoms with E-state index in [0.717, 1.165) is 18.4 Å². The molecule has 0 saturated carbocycles. The third kappa shape index (κ3) is 9.94. The standard InChI is InChI=1S/C25H35NO5/c1-18(2)30-19(3)31-25(29)14-13-23(26-16-15-24(27)28)17-20-9-11-22(12-10-20)21-7-5-4-6-8-21/h5,7-12,18-19,23,26H,4,6,13-17H2,1-3H3,(H,27,28). The van der Waals surface area contributed by atoms with E-state index in [1.807, 2.05) is 13.8 Å². The molecule has 0 spiro atoms. The van der Waals surface area contributed by atoms with E-state index in [1.54, 1.807) is 6.92 Å². The normalized spacial score (nSPS) is 15.4. The van der Waals surface area contributed by atoms with Gasteiger partial charge in [-0.15, -0.1) is 0 Å². The van der Waals surface area contributed by atoms with Crippen LogP contribution in [0.5, 0.6) is 0 Å². The van der Waals surface area contributed by atoms with Crippen LogP contribution < -0.4 is 5.32 Å². The van der Waals surface area contributed by atoms with Gasteiger partial charge in [0.1, 0.15) is 0 Å². The molecule has 0 aliphatic heterocycles. The smallest absolute Gasteiger partial charge is 0.308 e. The number of nitrogens with one attached hydrogen (secondary N) is 1. The molecule has 2 N–H and O–H groups in total. The Hall–Kier alpha value is -2.44. The molecule has 170 valence electrons.